The Hall–Kier alpha value is -2.54. The zero-order valence-corrected chi connectivity index (χ0v) is 12.9. The molecule has 116 valence electrons. The topological polar surface area (TPSA) is 109 Å². The molecule has 0 saturated heterocycles. The van der Waals surface area contributed by atoms with Gasteiger partial charge in [-0.15, -0.1) is 0 Å². The molecule has 4 N–H and O–H groups in total. The van der Waals surface area contributed by atoms with Crippen LogP contribution in [0.1, 0.15) is 21.5 Å². The molecule has 0 radical (unpaired) electrons. The highest BCUT2D eigenvalue weighted by Gasteiger charge is 2.18. The Morgan fingerprint density at radius 1 is 1.09 bits per heavy atom. The number of benzene rings is 2. The molecule has 0 aliphatic carbocycles. The van der Waals surface area contributed by atoms with E-state index in [1.807, 2.05) is 13.8 Å². The number of anilines is 1. The summed E-state index contributed by atoms with van der Waals surface area (Å²) in [5.74, 6) is -1.02. The molecular formula is C15H16N2O4S. The van der Waals surface area contributed by atoms with E-state index in [1.165, 1.54) is 18.2 Å². The van der Waals surface area contributed by atoms with E-state index in [-0.39, 0.29) is 21.9 Å². The molecule has 0 fully saturated rings. The smallest absolute Gasteiger partial charge is 0.261 e. The van der Waals surface area contributed by atoms with Crippen molar-refractivity contribution in [3.8, 4) is 5.75 Å². The summed E-state index contributed by atoms with van der Waals surface area (Å²) in [7, 11) is -3.86. The van der Waals surface area contributed by atoms with Crippen LogP contribution in [0.5, 0.6) is 5.75 Å². The van der Waals surface area contributed by atoms with Crippen molar-refractivity contribution in [1.82, 2.24) is 0 Å². The first-order chi connectivity index (χ1) is 10.2. The quantitative estimate of drug-likeness (QED) is 0.747. The van der Waals surface area contributed by atoms with Crippen molar-refractivity contribution in [2.75, 3.05) is 4.72 Å². The number of amides is 1. The van der Waals surface area contributed by atoms with Gasteiger partial charge >= 0.3 is 0 Å². The number of hydrogen-bond donors (Lipinski definition) is 3. The summed E-state index contributed by atoms with van der Waals surface area (Å²) in [6.45, 7) is 3.69. The molecule has 1 amide bonds. The first-order valence-corrected chi connectivity index (χ1v) is 7.92. The van der Waals surface area contributed by atoms with Gasteiger partial charge < -0.3 is 10.8 Å². The van der Waals surface area contributed by atoms with Gasteiger partial charge in [-0.3, -0.25) is 9.52 Å². The van der Waals surface area contributed by atoms with Crippen molar-refractivity contribution >= 4 is 21.6 Å². The van der Waals surface area contributed by atoms with Crippen molar-refractivity contribution in [3.63, 3.8) is 0 Å². The molecule has 0 heterocycles. The Kier molecular flexibility index (Phi) is 4.09. The summed E-state index contributed by atoms with van der Waals surface area (Å²) in [5.41, 5.74) is 6.92. The Morgan fingerprint density at radius 3 is 2.36 bits per heavy atom. The number of rotatable bonds is 4. The van der Waals surface area contributed by atoms with Crippen molar-refractivity contribution < 1.29 is 18.3 Å². The number of nitrogens with two attached hydrogens (primary N) is 1. The van der Waals surface area contributed by atoms with E-state index in [1.54, 1.807) is 12.1 Å². The summed E-state index contributed by atoms with van der Waals surface area (Å²) in [5, 5.41) is 9.38. The predicted molar refractivity (Wildman–Crippen MR) is 83.3 cm³/mol. The second-order valence-corrected chi connectivity index (χ2v) is 6.63. The van der Waals surface area contributed by atoms with Gasteiger partial charge in [-0.2, -0.15) is 0 Å². The second-order valence-electron chi connectivity index (χ2n) is 4.95. The summed E-state index contributed by atoms with van der Waals surface area (Å²) in [6.07, 6.45) is 0. The maximum absolute atomic E-state index is 12.4. The zero-order valence-electron chi connectivity index (χ0n) is 12.1. The van der Waals surface area contributed by atoms with Crippen LogP contribution in [0.4, 0.5) is 5.69 Å². The van der Waals surface area contributed by atoms with Gasteiger partial charge in [0.1, 0.15) is 5.75 Å². The maximum Gasteiger partial charge on any atom is 0.261 e. The second kappa shape index (κ2) is 5.69. The van der Waals surface area contributed by atoms with Gasteiger partial charge in [0.2, 0.25) is 0 Å². The van der Waals surface area contributed by atoms with Crippen LogP contribution in [0.25, 0.3) is 0 Å². The highest BCUT2D eigenvalue weighted by atomic mass is 32.2. The van der Waals surface area contributed by atoms with Crippen LogP contribution < -0.4 is 10.5 Å². The summed E-state index contributed by atoms with van der Waals surface area (Å²) < 4.78 is 27.1. The van der Waals surface area contributed by atoms with Gasteiger partial charge in [0.05, 0.1) is 16.1 Å². The third-order valence-corrected chi connectivity index (χ3v) is 4.66. The molecule has 0 atom stereocenters. The number of aryl methyl sites for hydroxylation is 2. The number of carbonyl (C=O) groups is 1. The van der Waals surface area contributed by atoms with Crippen LogP contribution in [-0.2, 0) is 10.0 Å². The van der Waals surface area contributed by atoms with Crippen molar-refractivity contribution in [3.05, 3.63) is 53.1 Å². The van der Waals surface area contributed by atoms with E-state index in [2.05, 4.69) is 4.72 Å². The standard InChI is InChI=1S/C15H16N2O4S/c1-9-3-5-12(7-10(9)2)22(20,21)17-14-6-4-11(18)8-13(14)15(16)19/h3-8,17-18H,1-2H3,(H2,16,19). The fourth-order valence-electron chi connectivity index (χ4n) is 1.91. The Morgan fingerprint density at radius 2 is 1.77 bits per heavy atom. The monoisotopic (exact) mass is 320 g/mol. The molecule has 0 unspecified atom stereocenters. The summed E-state index contributed by atoms with van der Waals surface area (Å²) in [4.78, 5) is 11.5. The van der Waals surface area contributed by atoms with Crippen molar-refractivity contribution in [1.29, 1.82) is 0 Å². The average molecular weight is 320 g/mol. The van der Waals surface area contributed by atoms with E-state index in [9.17, 15) is 18.3 Å². The minimum atomic E-state index is -3.86. The van der Waals surface area contributed by atoms with Crippen molar-refractivity contribution in [2.24, 2.45) is 5.73 Å². The Labute approximate surface area is 128 Å². The maximum atomic E-state index is 12.4. The molecule has 7 heteroatoms. The molecular weight excluding hydrogens is 304 g/mol. The fourth-order valence-corrected chi connectivity index (χ4v) is 3.07. The molecule has 0 aliphatic rings. The number of nitrogens with one attached hydrogen (secondary N) is 1. The summed E-state index contributed by atoms with van der Waals surface area (Å²) in [6, 6.07) is 8.39. The van der Waals surface area contributed by atoms with Crippen LogP contribution in [0, 0.1) is 13.8 Å². The molecule has 0 aromatic heterocycles. The first kappa shape index (κ1) is 15.8. The Bertz CT molecular complexity index is 845. The normalized spacial score (nSPS) is 11.2. The van der Waals surface area contributed by atoms with E-state index < -0.39 is 15.9 Å². The largest absolute Gasteiger partial charge is 0.508 e. The number of sulfonamides is 1. The fraction of sp³-hybridized carbons (Fsp3) is 0.133. The van der Waals surface area contributed by atoms with Gasteiger partial charge in [-0.25, -0.2) is 8.42 Å². The van der Waals surface area contributed by atoms with E-state index in [0.717, 1.165) is 17.2 Å². The lowest BCUT2D eigenvalue weighted by Gasteiger charge is -2.12. The molecule has 6 nitrogen and oxygen atoms in total. The lowest BCUT2D eigenvalue weighted by Crippen LogP contribution is -2.18. The molecule has 0 saturated carbocycles. The SMILES string of the molecule is Cc1ccc(S(=O)(=O)Nc2ccc(O)cc2C(N)=O)cc1C. The average Bonchev–Trinajstić information content (AvgIpc) is 2.43. The number of phenolic OH excluding ortho intramolecular Hbond substituents is 1. The predicted octanol–water partition coefficient (Wildman–Crippen LogP) is 1.91. The minimum Gasteiger partial charge on any atom is -0.508 e. The molecule has 2 rings (SSSR count). The van der Waals surface area contributed by atoms with Gasteiger partial charge in [-0.1, -0.05) is 6.07 Å². The van der Waals surface area contributed by atoms with Crippen molar-refractivity contribution in [2.45, 2.75) is 18.7 Å². The number of primary amides is 1. The molecule has 0 bridgehead atoms. The lowest BCUT2D eigenvalue weighted by atomic mass is 10.1. The van der Waals surface area contributed by atoms with E-state index in [0.29, 0.717) is 0 Å². The van der Waals surface area contributed by atoms with Crippen LogP contribution in [0.3, 0.4) is 0 Å². The minimum absolute atomic E-state index is 0.0172. The number of phenols is 1. The molecule has 2 aromatic carbocycles. The lowest BCUT2D eigenvalue weighted by molar-refractivity contribution is 0.100. The number of carbonyl (C=O) groups excluding carboxylic acids is 1. The molecule has 0 aliphatic heterocycles. The highest BCUT2D eigenvalue weighted by molar-refractivity contribution is 7.92. The van der Waals surface area contributed by atoms with Crippen LogP contribution in [0.15, 0.2) is 41.3 Å². The third-order valence-electron chi connectivity index (χ3n) is 3.30. The van der Waals surface area contributed by atoms with Gasteiger partial charge in [0, 0.05) is 0 Å². The van der Waals surface area contributed by atoms with Crippen LogP contribution in [0.2, 0.25) is 0 Å². The molecule has 2 aromatic rings. The van der Waals surface area contributed by atoms with E-state index in [4.69, 9.17) is 5.73 Å². The highest BCUT2D eigenvalue weighted by Crippen LogP contribution is 2.24. The first-order valence-electron chi connectivity index (χ1n) is 6.43. The third kappa shape index (κ3) is 3.20. The van der Waals surface area contributed by atoms with Gasteiger partial charge in [0.15, 0.2) is 0 Å². The molecule has 22 heavy (non-hydrogen) atoms. The number of hydrogen-bond acceptors (Lipinski definition) is 4. The van der Waals surface area contributed by atoms with E-state index >= 15 is 0 Å². The molecule has 0 spiro atoms. The van der Waals surface area contributed by atoms with Crippen LogP contribution in [-0.4, -0.2) is 19.4 Å². The van der Waals surface area contributed by atoms with Crippen LogP contribution >= 0.6 is 0 Å². The van der Waals surface area contributed by atoms with Gasteiger partial charge in [0.25, 0.3) is 15.9 Å². The zero-order chi connectivity index (χ0) is 16.5. The summed E-state index contributed by atoms with van der Waals surface area (Å²) >= 11 is 0. The Balaban J connectivity index is 2.45. The number of aromatic hydroxyl groups is 1. The van der Waals surface area contributed by atoms with Gasteiger partial charge in [-0.05, 0) is 55.3 Å².